The summed E-state index contributed by atoms with van der Waals surface area (Å²) in [5.41, 5.74) is 2.16. The van der Waals surface area contributed by atoms with Gasteiger partial charge in [0.05, 0.1) is 25.3 Å². The van der Waals surface area contributed by atoms with Crippen molar-refractivity contribution in [2.45, 2.75) is 44.0 Å². The molecule has 2 aliphatic heterocycles. The summed E-state index contributed by atoms with van der Waals surface area (Å²) in [7, 11) is 0.915. The highest BCUT2D eigenvalue weighted by Crippen LogP contribution is 2.44. The topological polar surface area (TPSA) is 43.5 Å². The number of nitrogens with zero attached hydrogens (tertiary/aromatic N) is 2. The van der Waals surface area contributed by atoms with Gasteiger partial charge in [-0.2, -0.15) is 8.78 Å². The molecular weight excluding hydrogens is 491 g/mol. The maximum atomic E-state index is 15.7. The third kappa shape index (κ3) is 5.06. The van der Waals surface area contributed by atoms with Crippen LogP contribution in [0.1, 0.15) is 36.2 Å². The smallest absolute Gasteiger partial charge is 0.368 e. The van der Waals surface area contributed by atoms with Gasteiger partial charge in [-0.1, -0.05) is 18.2 Å². The van der Waals surface area contributed by atoms with Gasteiger partial charge < -0.3 is 15.0 Å². The Balaban J connectivity index is 1.50. The van der Waals surface area contributed by atoms with Gasteiger partial charge in [0.25, 0.3) is 0 Å². The molecule has 200 valence electrons. The fourth-order valence-corrected chi connectivity index (χ4v) is 5.63. The van der Waals surface area contributed by atoms with Crippen LogP contribution in [0.3, 0.4) is 0 Å². The van der Waals surface area contributed by atoms with Crippen LogP contribution in [0.15, 0.2) is 36.4 Å². The van der Waals surface area contributed by atoms with Crippen molar-refractivity contribution in [2.75, 3.05) is 45.3 Å². The molecule has 0 spiro atoms. The highest BCUT2D eigenvalue weighted by Gasteiger charge is 2.44. The third-order valence-electron chi connectivity index (χ3n) is 7.47. The number of nitrogens with one attached hydrogen (secondary N) is 2. The van der Waals surface area contributed by atoms with Crippen molar-refractivity contribution < 1.29 is 26.7 Å². The molecule has 0 saturated carbocycles. The van der Waals surface area contributed by atoms with E-state index in [0.717, 1.165) is 23.6 Å². The van der Waals surface area contributed by atoms with E-state index in [1.807, 2.05) is 24.3 Å². The number of alkyl halides is 3. The lowest BCUT2D eigenvalue weighted by Crippen LogP contribution is -2.54. The maximum Gasteiger partial charge on any atom is 0.368 e. The molecule has 0 radical (unpaired) electrons. The minimum absolute atomic E-state index is 0.00355. The molecule has 3 heterocycles. The zero-order valence-corrected chi connectivity index (χ0v) is 20.8. The van der Waals surface area contributed by atoms with Crippen molar-refractivity contribution in [2.24, 2.45) is 0 Å². The summed E-state index contributed by atoms with van der Waals surface area (Å²) in [6.07, 6.45) is -2.60. The van der Waals surface area contributed by atoms with Crippen molar-refractivity contribution in [3.8, 4) is 0 Å². The van der Waals surface area contributed by atoms with Crippen LogP contribution >= 0.6 is 0 Å². The van der Waals surface area contributed by atoms with E-state index in [0.29, 0.717) is 38.2 Å². The van der Waals surface area contributed by atoms with Crippen LogP contribution in [0.5, 0.6) is 0 Å². The molecule has 3 aromatic rings. The standard InChI is InChI=1S/C27H31F5N4O/c1-16-10-20-19-6-3-4-7-23(19)34-25(20)26(36(16)15-27(31,32)37-2)24-21(29)11-17(12-22(24)30)33-18-13-35(14-18)9-5-8-28/h3-4,6-7,11-12,16,18,26,33-34H,5,8-10,13-15H2,1-2H3/t16?,26-/m1/s1. The van der Waals surface area contributed by atoms with Crippen molar-refractivity contribution in [3.05, 3.63) is 64.9 Å². The fraction of sp³-hybridized carbons (Fsp3) is 0.481. The number of likely N-dealkylation sites (tertiary alicyclic amines) is 1. The number of anilines is 1. The Morgan fingerprint density at radius 1 is 1.14 bits per heavy atom. The second kappa shape index (κ2) is 10.2. The van der Waals surface area contributed by atoms with Gasteiger partial charge >= 0.3 is 6.11 Å². The van der Waals surface area contributed by atoms with Crippen LogP contribution in [-0.2, 0) is 11.2 Å². The fourth-order valence-electron chi connectivity index (χ4n) is 5.63. The minimum Gasteiger partial charge on any atom is -0.380 e. The molecule has 2 atom stereocenters. The number of aromatic amines is 1. The van der Waals surface area contributed by atoms with Crippen LogP contribution < -0.4 is 5.32 Å². The molecule has 5 rings (SSSR count). The number of aromatic nitrogens is 1. The quantitative estimate of drug-likeness (QED) is 0.366. The molecule has 2 aliphatic rings. The molecule has 37 heavy (non-hydrogen) atoms. The van der Waals surface area contributed by atoms with Gasteiger partial charge in [0, 0.05) is 60.6 Å². The number of rotatable bonds is 9. The Morgan fingerprint density at radius 3 is 2.51 bits per heavy atom. The van der Waals surface area contributed by atoms with Gasteiger partial charge in [0.2, 0.25) is 0 Å². The number of methoxy groups -OCH3 is 1. The van der Waals surface area contributed by atoms with Gasteiger partial charge in [0.15, 0.2) is 0 Å². The summed E-state index contributed by atoms with van der Waals surface area (Å²) in [6.45, 7) is 2.54. The van der Waals surface area contributed by atoms with E-state index in [9.17, 15) is 13.2 Å². The first kappa shape index (κ1) is 25.9. The number of ether oxygens (including phenoxy) is 1. The summed E-state index contributed by atoms with van der Waals surface area (Å²) in [4.78, 5) is 6.72. The van der Waals surface area contributed by atoms with Gasteiger partial charge in [0.1, 0.15) is 11.6 Å². The summed E-state index contributed by atoms with van der Waals surface area (Å²) in [6, 6.07) is 8.41. The molecule has 10 heteroatoms. The highest BCUT2D eigenvalue weighted by atomic mass is 19.3. The lowest BCUT2D eigenvalue weighted by Gasteiger charge is -2.42. The van der Waals surface area contributed by atoms with Crippen LogP contribution in [0.25, 0.3) is 10.9 Å². The van der Waals surface area contributed by atoms with Crippen LogP contribution in [0, 0.1) is 11.6 Å². The van der Waals surface area contributed by atoms with Crippen LogP contribution in [-0.4, -0.2) is 72.9 Å². The van der Waals surface area contributed by atoms with Gasteiger partial charge in [-0.25, -0.2) is 8.78 Å². The van der Waals surface area contributed by atoms with E-state index in [1.165, 1.54) is 17.0 Å². The third-order valence-corrected chi connectivity index (χ3v) is 7.47. The molecule has 1 unspecified atom stereocenters. The molecule has 2 aromatic carbocycles. The largest absolute Gasteiger partial charge is 0.380 e. The lowest BCUT2D eigenvalue weighted by atomic mass is 9.88. The normalized spacial score (nSPS) is 21.3. The predicted molar refractivity (Wildman–Crippen MR) is 133 cm³/mol. The van der Waals surface area contributed by atoms with Gasteiger partial charge in [-0.05, 0) is 43.5 Å². The second-order valence-electron chi connectivity index (χ2n) is 10.0. The van der Waals surface area contributed by atoms with Gasteiger partial charge in [-0.3, -0.25) is 14.2 Å². The Morgan fingerprint density at radius 2 is 1.84 bits per heavy atom. The van der Waals surface area contributed by atoms with Crippen molar-refractivity contribution in [1.29, 1.82) is 0 Å². The zero-order chi connectivity index (χ0) is 26.3. The number of hydrogen-bond donors (Lipinski definition) is 2. The monoisotopic (exact) mass is 522 g/mol. The molecule has 1 fully saturated rings. The summed E-state index contributed by atoms with van der Waals surface area (Å²) in [5, 5.41) is 4.04. The molecule has 2 N–H and O–H groups in total. The first-order valence-electron chi connectivity index (χ1n) is 12.5. The van der Waals surface area contributed by atoms with E-state index >= 15 is 8.78 Å². The molecule has 0 bridgehead atoms. The van der Waals surface area contributed by atoms with Crippen LogP contribution in [0.2, 0.25) is 0 Å². The number of halogens is 5. The van der Waals surface area contributed by atoms with Crippen LogP contribution in [0.4, 0.5) is 27.6 Å². The molecule has 1 aromatic heterocycles. The number of para-hydroxylation sites is 1. The number of fused-ring (bicyclic) bond motifs is 3. The van der Waals surface area contributed by atoms with E-state index in [4.69, 9.17) is 0 Å². The number of hydrogen-bond acceptors (Lipinski definition) is 4. The first-order chi connectivity index (χ1) is 17.7. The summed E-state index contributed by atoms with van der Waals surface area (Å²) in [5.74, 6) is -1.63. The van der Waals surface area contributed by atoms with E-state index in [2.05, 4.69) is 19.9 Å². The summed E-state index contributed by atoms with van der Waals surface area (Å²) >= 11 is 0. The zero-order valence-electron chi connectivity index (χ0n) is 20.8. The molecular formula is C27H31F5N4O. The number of H-pyrrole nitrogens is 1. The maximum absolute atomic E-state index is 15.7. The Hall–Kier alpha value is -2.69. The number of benzene rings is 2. The van der Waals surface area contributed by atoms with E-state index in [1.54, 1.807) is 6.92 Å². The highest BCUT2D eigenvalue weighted by molar-refractivity contribution is 5.85. The second-order valence-corrected chi connectivity index (χ2v) is 10.0. The average Bonchev–Trinajstić information content (AvgIpc) is 3.19. The van der Waals surface area contributed by atoms with Crippen molar-refractivity contribution in [1.82, 2.24) is 14.8 Å². The lowest BCUT2D eigenvalue weighted by molar-refractivity contribution is -0.236. The predicted octanol–water partition coefficient (Wildman–Crippen LogP) is 5.48. The van der Waals surface area contributed by atoms with Crippen molar-refractivity contribution in [3.63, 3.8) is 0 Å². The molecule has 0 amide bonds. The van der Waals surface area contributed by atoms with Gasteiger partial charge in [-0.15, -0.1) is 0 Å². The van der Waals surface area contributed by atoms with Crippen molar-refractivity contribution >= 4 is 16.6 Å². The Labute approximate surface area is 212 Å². The summed E-state index contributed by atoms with van der Waals surface area (Å²) < 4.78 is 77.0. The molecule has 0 aliphatic carbocycles. The minimum atomic E-state index is -3.50. The average molecular weight is 523 g/mol. The van der Waals surface area contributed by atoms with E-state index in [-0.39, 0.29) is 24.0 Å². The SMILES string of the molecule is COC(F)(F)CN1C(C)Cc2c([nH]c3ccccc23)[C@H]1c1c(F)cc(NC2CN(CCCF)C2)cc1F. The molecule has 5 nitrogen and oxygen atoms in total. The molecule has 1 saturated heterocycles. The first-order valence-corrected chi connectivity index (χ1v) is 12.5. The Bertz CT molecular complexity index is 1240. The Kier molecular flexibility index (Phi) is 7.17. The van der Waals surface area contributed by atoms with E-state index < -0.39 is 36.4 Å².